The molecular formula is C29H31N5. The minimum atomic E-state index is 0.500. The van der Waals surface area contributed by atoms with E-state index in [0.29, 0.717) is 18.3 Å². The number of nitrogens with zero attached hydrogens (tertiary/aromatic N) is 5. The van der Waals surface area contributed by atoms with Gasteiger partial charge in [-0.2, -0.15) is 5.10 Å². The van der Waals surface area contributed by atoms with Crippen molar-refractivity contribution >= 4 is 35.7 Å². The Balaban J connectivity index is 0.000000302. The van der Waals surface area contributed by atoms with Crippen LogP contribution in [0.5, 0.6) is 0 Å². The van der Waals surface area contributed by atoms with E-state index < -0.39 is 0 Å². The predicted octanol–water partition coefficient (Wildman–Crippen LogP) is 6.59. The molecule has 0 aliphatic heterocycles. The summed E-state index contributed by atoms with van der Waals surface area (Å²) in [5.74, 6) is 1.20. The molecule has 0 radical (unpaired) electrons. The Labute approximate surface area is 201 Å². The molecule has 0 amide bonds. The summed E-state index contributed by atoms with van der Waals surface area (Å²) in [6.07, 6.45) is 19.0. The van der Waals surface area contributed by atoms with Crippen molar-refractivity contribution in [3.63, 3.8) is 0 Å². The molecule has 34 heavy (non-hydrogen) atoms. The lowest BCUT2D eigenvalue weighted by molar-refractivity contribution is 0.673. The average Bonchev–Trinajstić information content (AvgIpc) is 3.25. The summed E-state index contributed by atoms with van der Waals surface area (Å²) in [6, 6.07) is 12.2. The predicted molar refractivity (Wildman–Crippen MR) is 147 cm³/mol. The van der Waals surface area contributed by atoms with Crippen LogP contribution >= 0.6 is 0 Å². The third-order valence-corrected chi connectivity index (χ3v) is 5.32. The molecule has 0 N–H and O–H groups in total. The minimum Gasteiger partial charge on any atom is -0.300 e. The zero-order valence-corrected chi connectivity index (χ0v) is 19.7. The largest absolute Gasteiger partial charge is 0.300 e. The SMILES string of the molecule is C=C/C=C(\C=C/C)C(N=C)=NCc1cccn2nc3ccccc3c12.C=NCC1C=CC=CC1. The van der Waals surface area contributed by atoms with Crippen LogP contribution in [0, 0.1) is 5.92 Å². The molecule has 172 valence electrons. The molecule has 1 atom stereocenters. The zero-order valence-electron chi connectivity index (χ0n) is 19.7. The Hall–Kier alpha value is -4.12. The molecule has 0 bridgehead atoms. The van der Waals surface area contributed by atoms with E-state index in [1.54, 1.807) is 6.08 Å². The first-order chi connectivity index (χ1) is 16.7. The van der Waals surface area contributed by atoms with Gasteiger partial charge in [0.1, 0.15) is 0 Å². The van der Waals surface area contributed by atoms with Gasteiger partial charge in [-0.3, -0.25) is 4.99 Å². The van der Waals surface area contributed by atoms with E-state index in [-0.39, 0.29) is 0 Å². The number of allylic oxidation sites excluding steroid dienone is 6. The molecule has 4 rings (SSSR count). The summed E-state index contributed by atoms with van der Waals surface area (Å²) in [6.45, 7) is 14.2. The maximum atomic E-state index is 4.67. The molecule has 3 aromatic rings. The first-order valence-corrected chi connectivity index (χ1v) is 11.3. The first kappa shape index (κ1) is 24.5. The van der Waals surface area contributed by atoms with Crippen molar-refractivity contribution in [2.24, 2.45) is 20.9 Å². The van der Waals surface area contributed by atoms with Crippen LogP contribution in [0.2, 0.25) is 0 Å². The zero-order chi connectivity index (χ0) is 24.2. The number of hydrogen-bond donors (Lipinski definition) is 0. The van der Waals surface area contributed by atoms with Gasteiger partial charge in [-0.05, 0) is 38.9 Å². The number of aromatic nitrogens is 2. The molecule has 0 spiro atoms. The summed E-state index contributed by atoms with van der Waals surface area (Å²) >= 11 is 0. The van der Waals surface area contributed by atoms with Gasteiger partial charge in [0.2, 0.25) is 0 Å². The van der Waals surface area contributed by atoms with Gasteiger partial charge in [0.15, 0.2) is 5.84 Å². The summed E-state index contributed by atoms with van der Waals surface area (Å²) in [5, 5.41) is 5.74. The van der Waals surface area contributed by atoms with Crippen LogP contribution in [-0.2, 0) is 6.54 Å². The van der Waals surface area contributed by atoms with Crippen molar-refractivity contribution in [3.8, 4) is 0 Å². The van der Waals surface area contributed by atoms with Crippen LogP contribution in [-0.4, -0.2) is 35.4 Å². The van der Waals surface area contributed by atoms with Crippen LogP contribution in [0.1, 0.15) is 18.9 Å². The van der Waals surface area contributed by atoms with Crippen molar-refractivity contribution in [1.29, 1.82) is 0 Å². The summed E-state index contributed by atoms with van der Waals surface area (Å²) < 4.78 is 1.91. The third-order valence-electron chi connectivity index (χ3n) is 5.32. The molecule has 0 saturated carbocycles. The van der Waals surface area contributed by atoms with Crippen molar-refractivity contribution in [2.75, 3.05) is 6.54 Å². The van der Waals surface area contributed by atoms with Gasteiger partial charge < -0.3 is 4.99 Å². The highest BCUT2D eigenvalue weighted by Gasteiger charge is 2.09. The lowest BCUT2D eigenvalue weighted by atomic mass is 10.0. The van der Waals surface area contributed by atoms with E-state index >= 15 is 0 Å². The number of pyridine rings is 1. The number of benzene rings is 1. The molecule has 1 aliphatic carbocycles. The van der Waals surface area contributed by atoms with Gasteiger partial charge >= 0.3 is 0 Å². The van der Waals surface area contributed by atoms with Crippen LogP contribution in [0.15, 0.2) is 118 Å². The van der Waals surface area contributed by atoms with E-state index in [0.717, 1.165) is 40.5 Å². The summed E-state index contributed by atoms with van der Waals surface area (Å²) in [7, 11) is 0. The summed E-state index contributed by atoms with van der Waals surface area (Å²) in [5.41, 5.74) is 4.03. The van der Waals surface area contributed by atoms with Gasteiger partial charge in [0, 0.05) is 35.2 Å². The smallest absolute Gasteiger partial charge is 0.154 e. The van der Waals surface area contributed by atoms with Gasteiger partial charge in [0.05, 0.1) is 17.6 Å². The highest BCUT2D eigenvalue weighted by atomic mass is 15.2. The first-order valence-electron chi connectivity index (χ1n) is 11.3. The van der Waals surface area contributed by atoms with Crippen LogP contribution in [0.4, 0.5) is 0 Å². The molecular weight excluding hydrogens is 418 g/mol. The van der Waals surface area contributed by atoms with Crippen molar-refractivity contribution < 1.29 is 0 Å². The van der Waals surface area contributed by atoms with E-state index in [9.17, 15) is 0 Å². The molecule has 1 unspecified atom stereocenters. The third kappa shape index (κ3) is 6.23. The van der Waals surface area contributed by atoms with Crippen molar-refractivity contribution in [2.45, 2.75) is 19.9 Å². The maximum Gasteiger partial charge on any atom is 0.154 e. The van der Waals surface area contributed by atoms with Crippen molar-refractivity contribution in [1.82, 2.24) is 9.61 Å². The number of aliphatic imine (C=N–C) groups is 3. The molecule has 5 heteroatoms. The number of amidine groups is 1. The fourth-order valence-corrected chi connectivity index (χ4v) is 3.76. The topological polar surface area (TPSA) is 54.4 Å². The Morgan fingerprint density at radius 2 is 2.03 bits per heavy atom. The standard InChI is InChI=1S/C21H20N4.C8H11N/c1-4-9-16(10-5-2)21(22-3)23-15-17-11-8-14-25-20(17)18-12-6-7-13-19(18)24-25;1-9-7-8-5-3-2-4-6-8/h4-14H,1,3,15H2,2H3;2-5,8H,1,6-7H2/b10-5-,16-9+,23-21?;. The Morgan fingerprint density at radius 3 is 2.74 bits per heavy atom. The highest BCUT2D eigenvalue weighted by Crippen LogP contribution is 2.23. The lowest BCUT2D eigenvalue weighted by Crippen LogP contribution is -2.00. The molecule has 2 heterocycles. The molecule has 0 fully saturated rings. The van der Waals surface area contributed by atoms with Crippen LogP contribution in [0.25, 0.3) is 16.4 Å². The van der Waals surface area contributed by atoms with Crippen molar-refractivity contribution in [3.05, 3.63) is 109 Å². The fourth-order valence-electron chi connectivity index (χ4n) is 3.76. The lowest BCUT2D eigenvalue weighted by Gasteiger charge is -2.07. The quantitative estimate of drug-likeness (QED) is 0.228. The average molecular weight is 450 g/mol. The Morgan fingerprint density at radius 1 is 1.18 bits per heavy atom. The fraction of sp³-hybridized carbons (Fsp3) is 0.172. The second-order valence-electron chi connectivity index (χ2n) is 7.71. The normalized spacial score (nSPS) is 16.0. The number of fused-ring (bicyclic) bond motifs is 3. The van der Waals surface area contributed by atoms with E-state index in [2.05, 4.69) is 76.5 Å². The second-order valence-corrected chi connectivity index (χ2v) is 7.71. The molecule has 2 aromatic heterocycles. The minimum absolute atomic E-state index is 0.500. The Kier molecular flexibility index (Phi) is 9.23. The number of rotatable bonds is 7. The Bertz CT molecular complexity index is 1300. The van der Waals surface area contributed by atoms with Gasteiger partial charge in [-0.25, -0.2) is 9.51 Å². The second kappa shape index (κ2) is 12.8. The van der Waals surface area contributed by atoms with E-state index in [1.807, 2.05) is 60.1 Å². The van der Waals surface area contributed by atoms with Gasteiger partial charge in [-0.1, -0.05) is 79.5 Å². The summed E-state index contributed by atoms with van der Waals surface area (Å²) in [4.78, 5) is 12.6. The van der Waals surface area contributed by atoms with Crippen LogP contribution in [0.3, 0.4) is 0 Å². The molecule has 0 saturated heterocycles. The van der Waals surface area contributed by atoms with Gasteiger partial charge in [-0.15, -0.1) is 0 Å². The monoisotopic (exact) mass is 449 g/mol. The van der Waals surface area contributed by atoms with E-state index in [4.69, 9.17) is 0 Å². The molecule has 5 nitrogen and oxygen atoms in total. The highest BCUT2D eigenvalue weighted by molar-refractivity contribution is 6.03. The molecule has 1 aliphatic rings. The van der Waals surface area contributed by atoms with E-state index in [1.165, 1.54) is 0 Å². The maximum absolute atomic E-state index is 4.67. The van der Waals surface area contributed by atoms with Crippen LogP contribution < -0.4 is 0 Å². The molecule has 1 aromatic carbocycles. The van der Waals surface area contributed by atoms with Gasteiger partial charge in [0.25, 0.3) is 0 Å². The number of hydrogen-bond acceptors (Lipinski definition) is 3.